The van der Waals surface area contributed by atoms with Gasteiger partial charge in [0.2, 0.25) is 5.91 Å². The number of benzene rings is 1. The number of hydrogen-bond donors (Lipinski definition) is 3. The minimum Gasteiger partial charge on any atom is -0.349 e. The summed E-state index contributed by atoms with van der Waals surface area (Å²) in [5, 5.41) is 8.87. The van der Waals surface area contributed by atoms with E-state index in [1.807, 2.05) is 13.0 Å². The highest BCUT2D eigenvalue weighted by Gasteiger charge is 2.24. The Morgan fingerprint density at radius 3 is 2.67 bits per heavy atom. The van der Waals surface area contributed by atoms with Gasteiger partial charge in [0.05, 0.1) is 17.8 Å². The van der Waals surface area contributed by atoms with Crippen molar-refractivity contribution < 1.29 is 9.59 Å². The molecule has 0 bridgehead atoms. The van der Waals surface area contributed by atoms with Gasteiger partial charge in [-0.05, 0) is 38.3 Å². The highest BCUT2D eigenvalue weighted by atomic mass is 16.2. The van der Waals surface area contributed by atoms with Crippen LogP contribution >= 0.6 is 0 Å². The van der Waals surface area contributed by atoms with Crippen LogP contribution in [0.25, 0.3) is 0 Å². The van der Waals surface area contributed by atoms with Crippen LogP contribution in [0.2, 0.25) is 0 Å². The van der Waals surface area contributed by atoms with Crippen molar-refractivity contribution in [1.29, 1.82) is 0 Å². The van der Waals surface area contributed by atoms with E-state index in [9.17, 15) is 9.59 Å². The molecule has 0 spiro atoms. The van der Waals surface area contributed by atoms with Gasteiger partial charge in [0.25, 0.3) is 5.91 Å². The van der Waals surface area contributed by atoms with Gasteiger partial charge >= 0.3 is 0 Å². The predicted molar refractivity (Wildman–Crippen MR) is 83.3 cm³/mol. The lowest BCUT2D eigenvalue weighted by molar-refractivity contribution is -0.115. The van der Waals surface area contributed by atoms with E-state index in [0.29, 0.717) is 23.3 Å². The second-order valence-corrected chi connectivity index (χ2v) is 5.53. The summed E-state index contributed by atoms with van der Waals surface area (Å²) in [5.41, 5.74) is 1.08. The fourth-order valence-corrected chi connectivity index (χ4v) is 1.89. The van der Waals surface area contributed by atoms with Crippen molar-refractivity contribution in [2.75, 3.05) is 11.9 Å². The van der Waals surface area contributed by atoms with Gasteiger partial charge in [-0.15, -0.1) is 0 Å². The summed E-state index contributed by atoms with van der Waals surface area (Å²) in [5.74, 6) is -0.259. The molecule has 1 aromatic carbocycles. The van der Waals surface area contributed by atoms with E-state index in [1.165, 1.54) is 0 Å². The maximum Gasteiger partial charge on any atom is 0.253 e. The summed E-state index contributed by atoms with van der Waals surface area (Å²) in [6, 6.07) is 7.69. The van der Waals surface area contributed by atoms with Crippen molar-refractivity contribution in [1.82, 2.24) is 10.6 Å². The third-order valence-electron chi connectivity index (χ3n) is 3.58. The third-order valence-corrected chi connectivity index (χ3v) is 3.58. The first-order valence-electron chi connectivity index (χ1n) is 7.53. The van der Waals surface area contributed by atoms with Crippen molar-refractivity contribution in [3.05, 3.63) is 29.8 Å². The molecular weight excluding hydrogens is 266 g/mol. The van der Waals surface area contributed by atoms with Gasteiger partial charge in [0.15, 0.2) is 0 Å². The molecule has 1 saturated carbocycles. The zero-order chi connectivity index (χ0) is 15.2. The molecular formula is C16H23N3O2. The second kappa shape index (κ2) is 7.22. The van der Waals surface area contributed by atoms with Crippen LogP contribution in [0.3, 0.4) is 0 Å². The number of para-hydroxylation sites is 1. The minimum absolute atomic E-state index is 0.122. The molecule has 2 rings (SSSR count). The van der Waals surface area contributed by atoms with Crippen LogP contribution in [0.15, 0.2) is 24.3 Å². The Balaban J connectivity index is 1.95. The molecule has 114 valence electrons. The summed E-state index contributed by atoms with van der Waals surface area (Å²) in [7, 11) is 0. The monoisotopic (exact) mass is 289 g/mol. The topological polar surface area (TPSA) is 70.2 Å². The van der Waals surface area contributed by atoms with Gasteiger partial charge < -0.3 is 16.0 Å². The van der Waals surface area contributed by atoms with Gasteiger partial charge in [-0.3, -0.25) is 9.59 Å². The summed E-state index contributed by atoms with van der Waals surface area (Å²) >= 11 is 0. The van der Waals surface area contributed by atoms with E-state index in [-0.39, 0.29) is 18.4 Å². The van der Waals surface area contributed by atoms with Gasteiger partial charge in [0, 0.05) is 12.1 Å². The van der Waals surface area contributed by atoms with Gasteiger partial charge in [0.1, 0.15) is 0 Å². The fourth-order valence-electron chi connectivity index (χ4n) is 1.89. The molecule has 1 unspecified atom stereocenters. The number of hydrogen-bond acceptors (Lipinski definition) is 3. The zero-order valence-corrected chi connectivity index (χ0v) is 12.6. The van der Waals surface area contributed by atoms with Crippen LogP contribution in [0.5, 0.6) is 0 Å². The average Bonchev–Trinajstić information content (AvgIpc) is 3.29. The third kappa shape index (κ3) is 4.86. The highest BCUT2D eigenvalue weighted by Crippen LogP contribution is 2.21. The van der Waals surface area contributed by atoms with Crippen molar-refractivity contribution in [2.24, 2.45) is 0 Å². The number of amides is 2. The number of carbonyl (C=O) groups excluding carboxylic acids is 2. The lowest BCUT2D eigenvalue weighted by Crippen LogP contribution is -2.34. The molecule has 0 saturated heterocycles. The Kier molecular flexibility index (Phi) is 5.33. The van der Waals surface area contributed by atoms with Crippen LogP contribution in [-0.2, 0) is 4.79 Å². The van der Waals surface area contributed by atoms with Gasteiger partial charge in [-0.25, -0.2) is 0 Å². The molecule has 0 radical (unpaired) electrons. The van der Waals surface area contributed by atoms with E-state index in [1.54, 1.807) is 18.2 Å². The van der Waals surface area contributed by atoms with E-state index >= 15 is 0 Å². The van der Waals surface area contributed by atoms with Crippen LogP contribution in [0.1, 0.15) is 43.5 Å². The molecule has 5 nitrogen and oxygen atoms in total. The average molecular weight is 289 g/mol. The molecule has 1 aliphatic carbocycles. The molecule has 5 heteroatoms. The molecule has 21 heavy (non-hydrogen) atoms. The summed E-state index contributed by atoms with van der Waals surface area (Å²) in [4.78, 5) is 24.1. The molecule has 2 amide bonds. The molecule has 1 atom stereocenters. The van der Waals surface area contributed by atoms with E-state index in [4.69, 9.17) is 0 Å². The van der Waals surface area contributed by atoms with Crippen LogP contribution in [-0.4, -0.2) is 30.4 Å². The van der Waals surface area contributed by atoms with Gasteiger partial charge in [-0.1, -0.05) is 19.1 Å². The molecule has 1 fully saturated rings. The normalized spacial score (nSPS) is 15.3. The van der Waals surface area contributed by atoms with E-state index in [0.717, 1.165) is 19.3 Å². The van der Waals surface area contributed by atoms with Crippen molar-refractivity contribution in [3.8, 4) is 0 Å². The number of nitrogens with one attached hydrogen (secondary N) is 3. The number of rotatable bonds is 7. The van der Waals surface area contributed by atoms with Crippen LogP contribution in [0.4, 0.5) is 5.69 Å². The summed E-state index contributed by atoms with van der Waals surface area (Å²) in [6.45, 7) is 4.34. The summed E-state index contributed by atoms with van der Waals surface area (Å²) in [6.07, 6.45) is 3.05. The first-order valence-corrected chi connectivity index (χ1v) is 7.53. The lowest BCUT2D eigenvalue weighted by Gasteiger charge is -2.13. The molecule has 0 aromatic heterocycles. The van der Waals surface area contributed by atoms with Crippen molar-refractivity contribution >= 4 is 17.5 Å². The van der Waals surface area contributed by atoms with Gasteiger partial charge in [-0.2, -0.15) is 0 Å². The van der Waals surface area contributed by atoms with E-state index < -0.39 is 0 Å². The smallest absolute Gasteiger partial charge is 0.253 e. The SMILES string of the molecule is CCC(C)NCC(=O)Nc1ccccc1C(=O)NC1CC1. The predicted octanol–water partition coefficient (Wildman–Crippen LogP) is 1.91. The largest absolute Gasteiger partial charge is 0.349 e. The van der Waals surface area contributed by atoms with Crippen molar-refractivity contribution in [2.45, 2.75) is 45.2 Å². The standard InChI is InChI=1S/C16H23N3O2/c1-3-11(2)17-10-15(20)19-14-7-5-4-6-13(14)16(21)18-12-8-9-12/h4-7,11-12,17H,3,8-10H2,1-2H3,(H,18,21)(H,19,20). The quantitative estimate of drug-likeness (QED) is 0.718. The maximum absolute atomic E-state index is 12.1. The summed E-state index contributed by atoms with van der Waals surface area (Å²) < 4.78 is 0. The molecule has 0 heterocycles. The molecule has 3 N–H and O–H groups in total. The Labute approximate surface area is 125 Å². The number of carbonyl (C=O) groups is 2. The highest BCUT2D eigenvalue weighted by molar-refractivity contribution is 6.04. The lowest BCUT2D eigenvalue weighted by atomic mass is 10.1. The molecule has 1 aliphatic rings. The van der Waals surface area contributed by atoms with E-state index in [2.05, 4.69) is 22.9 Å². The second-order valence-electron chi connectivity index (χ2n) is 5.53. The molecule has 1 aromatic rings. The first-order chi connectivity index (χ1) is 10.1. The zero-order valence-electron chi connectivity index (χ0n) is 12.6. The van der Waals surface area contributed by atoms with Crippen molar-refractivity contribution in [3.63, 3.8) is 0 Å². The first kappa shape index (κ1) is 15.5. The Morgan fingerprint density at radius 2 is 2.00 bits per heavy atom. The van der Waals surface area contributed by atoms with Crippen LogP contribution < -0.4 is 16.0 Å². The Bertz CT molecular complexity index is 512. The minimum atomic E-state index is -0.137. The number of anilines is 1. The Morgan fingerprint density at radius 1 is 1.29 bits per heavy atom. The fraction of sp³-hybridized carbons (Fsp3) is 0.500. The molecule has 0 aliphatic heterocycles. The van der Waals surface area contributed by atoms with Crippen LogP contribution in [0, 0.1) is 0 Å². The Hall–Kier alpha value is -1.88. The maximum atomic E-state index is 12.1.